The van der Waals surface area contributed by atoms with Crippen LogP contribution < -0.4 is 5.73 Å². The molecule has 4 nitrogen and oxygen atoms in total. The second-order valence-corrected chi connectivity index (χ2v) is 5.33. The Bertz CT molecular complexity index is 279. The van der Waals surface area contributed by atoms with Crippen LogP contribution in [0.15, 0.2) is 0 Å². The van der Waals surface area contributed by atoms with Crippen LogP contribution in [0.3, 0.4) is 0 Å². The quantitative estimate of drug-likeness (QED) is 0.655. The normalized spacial score (nSPS) is 15.0. The van der Waals surface area contributed by atoms with Crippen molar-refractivity contribution in [2.24, 2.45) is 11.7 Å². The molecule has 0 aromatic rings. The largest absolute Gasteiger partial charge is 0.393 e. The molecule has 0 heterocycles. The molecule has 0 spiro atoms. The second-order valence-electron chi connectivity index (χ2n) is 4.80. The smallest absolute Gasteiger partial charge is 0.236 e. The van der Waals surface area contributed by atoms with Gasteiger partial charge in [0.15, 0.2) is 0 Å². The summed E-state index contributed by atoms with van der Waals surface area (Å²) in [5, 5.41) is 0. The lowest BCUT2D eigenvalue weighted by Crippen LogP contribution is -2.40. The Balaban J connectivity index is 2.26. The van der Waals surface area contributed by atoms with Gasteiger partial charge < -0.3 is 10.6 Å². The molecule has 0 atom stereocenters. The number of amides is 1. The van der Waals surface area contributed by atoms with Gasteiger partial charge in [-0.2, -0.15) is 0 Å². The van der Waals surface area contributed by atoms with Gasteiger partial charge in [0, 0.05) is 26.6 Å². The van der Waals surface area contributed by atoms with E-state index in [0.29, 0.717) is 24.5 Å². The van der Waals surface area contributed by atoms with Crippen molar-refractivity contribution < 1.29 is 4.79 Å². The number of hydrogen-bond donors (Lipinski definition) is 1. The number of thiocarbonyl (C=S) groups is 1. The minimum absolute atomic E-state index is 0.156. The molecular formula is C12H23N3OS. The van der Waals surface area contributed by atoms with Crippen molar-refractivity contribution in [1.82, 2.24) is 9.80 Å². The van der Waals surface area contributed by atoms with Crippen LogP contribution in [0.1, 0.15) is 26.2 Å². The standard InChI is InChI=1S/C12H23N3OS/c1-3-15(8-10-4-5-10)9-12(16)14(2)7-6-11(13)17/h10H,3-9H2,1-2H3,(H2,13,17). The molecule has 5 heteroatoms. The first-order valence-corrected chi connectivity index (χ1v) is 6.68. The third-order valence-electron chi connectivity index (χ3n) is 3.14. The van der Waals surface area contributed by atoms with Gasteiger partial charge in [-0.1, -0.05) is 19.1 Å². The van der Waals surface area contributed by atoms with E-state index in [9.17, 15) is 4.79 Å². The molecule has 0 aromatic heterocycles. The van der Waals surface area contributed by atoms with E-state index in [1.165, 1.54) is 12.8 Å². The van der Waals surface area contributed by atoms with E-state index in [1.807, 2.05) is 7.05 Å². The van der Waals surface area contributed by atoms with Crippen molar-refractivity contribution >= 4 is 23.1 Å². The molecule has 1 rings (SSSR count). The Morgan fingerprint density at radius 3 is 2.59 bits per heavy atom. The van der Waals surface area contributed by atoms with Gasteiger partial charge in [-0.25, -0.2) is 0 Å². The number of carbonyl (C=O) groups is 1. The van der Waals surface area contributed by atoms with E-state index < -0.39 is 0 Å². The average Bonchev–Trinajstić information content (AvgIpc) is 3.08. The fraction of sp³-hybridized carbons (Fsp3) is 0.833. The summed E-state index contributed by atoms with van der Waals surface area (Å²) in [4.78, 5) is 16.3. The van der Waals surface area contributed by atoms with Gasteiger partial charge in [-0.15, -0.1) is 0 Å². The van der Waals surface area contributed by atoms with Crippen LogP contribution >= 0.6 is 12.2 Å². The van der Waals surface area contributed by atoms with Gasteiger partial charge in [0.25, 0.3) is 0 Å². The molecule has 0 bridgehead atoms. The third kappa shape index (κ3) is 5.98. The summed E-state index contributed by atoms with van der Waals surface area (Å²) in [7, 11) is 1.81. The summed E-state index contributed by atoms with van der Waals surface area (Å²) in [5.41, 5.74) is 5.43. The van der Waals surface area contributed by atoms with Crippen LogP contribution in [0.2, 0.25) is 0 Å². The van der Waals surface area contributed by atoms with Gasteiger partial charge in [-0.3, -0.25) is 9.69 Å². The van der Waals surface area contributed by atoms with Crippen LogP contribution in [0.25, 0.3) is 0 Å². The zero-order valence-electron chi connectivity index (χ0n) is 10.8. The summed E-state index contributed by atoms with van der Waals surface area (Å²) < 4.78 is 0. The molecule has 0 saturated heterocycles. The van der Waals surface area contributed by atoms with Crippen molar-refractivity contribution in [1.29, 1.82) is 0 Å². The highest BCUT2D eigenvalue weighted by molar-refractivity contribution is 7.80. The van der Waals surface area contributed by atoms with Crippen LogP contribution in [0, 0.1) is 5.92 Å². The van der Waals surface area contributed by atoms with Crippen molar-refractivity contribution in [2.45, 2.75) is 26.2 Å². The lowest BCUT2D eigenvalue weighted by molar-refractivity contribution is -0.131. The highest BCUT2D eigenvalue weighted by Gasteiger charge is 2.25. The maximum Gasteiger partial charge on any atom is 0.236 e. The molecule has 2 N–H and O–H groups in total. The minimum atomic E-state index is 0.156. The molecule has 1 aliphatic rings. The first-order valence-electron chi connectivity index (χ1n) is 6.27. The molecule has 0 aliphatic heterocycles. The fourth-order valence-corrected chi connectivity index (χ4v) is 1.78. The maximum absolute atomic E-state index is 11.9. The van der Waals surface area contributed by atoms with E-state index in [0.717, 1.165) is 19.0 Å². The Hall–Kier alpha value is -0.680. The Morgan fingerprint density at radius 2 is 2.12 bits per heavy atom. The van der Waals surface area contributed by atoms with E-state index in [2.05, 4.69) is 11.8 Å². The fourth-order valence-electron chi connectivity index (χ4n) is 1.69. The van der Waals surface area contributed by atoms with E-state index in [1.54, 1.807) is 4.90 Å². The van der Waals surface area contributed by atoms with Gasteiger partial charge >= 0.3 is 0 Å². The van der Waals surface area contributed by atoms with Gasteiger partial charge in [0.2, 0.25) is 5.91 Å². The highest BCUT2D eigenvalue weighted by atomic mass is 32.1. The van der Waals surface area contributed by atoms with Crippen molar-refractivity contribution in [3.63, 3.8) is 0 Å². The van der Waals surface area contributed by atoms with Gasteiger partial charge in [0.1, 0.15) is 0 Å². The Morgan fingerprint density at radius 1 is 1.47 bits per heavy atom. The lowest BCUT2D eigenvalue weighted by Gasteiger charge is -2.23. The number of rotatable bonds is 8. The van der Waals surface area contributed by atoms with E-state index in [-0.39, 0.29) is 5.91 Å². The number of carbonyl (C=O) groups excluding carboxylic acids is 1. The first kappa shape index (κ1) is 14.4. The molecule has 1 fully saturated rings. The van der Waals surface area contributed by atoms with Crippen LogP contribution in [0.4, 0.5) is 0 Å². The minimum Gasteiger partial charge on any atom is -0.393 e. The van der Waals surface area contributed by atoms with Gasteiger partial charge in [0.05, 0.1) is 11.5 Å². The molecule has 1 aliphatic carbocycles. The predicted octanol–water partition coefficient (Wildman–Crippen LogP) is 0.853. The van der Waals surface area contributed by atoms with Crippen molar-refractivity contribution in [3.8, 4) is 0 Å². The molecule has 0 aromatic carbocycles. The summed E-state index contributed by atoms with van der Waals surface area (Å²) in [6.07, 6.45) is 3.25. The van der Waals surface area contributed by atoms with Crippen LogP contribution in [-0.4, -0.2) is 53.9 Å². The summed E-state index contributed by atoms with van der Waals surface area (Å²) in [6, 6.07) is 0. The predicted molar refractivity (Wildman–Crippen MR) is 73.9 cm³/mol. The highest BCUT2D eigenvalue weighted by Crippen LogP contribution is 2.29. The van der Waals surface area contributed by atoms with Gasteiger partial charge in [-0.05, 0) is 25.3 Å². The molecule has 98 valence electrons. The zero-order valence-corrected chi connectivity index (χ0v) is 11.6. The van der Waals surface area contributed by atoms with E-state index >= 15 is 0 Å². The number of nitrogens with two attached hydrogens (primary N) is 1. The summed E-state index contributed by atoms with van der Waals surface area (Å²) in [6.45, 7) is 5.23. The summed E-state index contributed by atoms with van der Waals surface area (Å²) >= 11 is 4.81. The Kier molecular flexibility index (Phi) is 5.85. The number of nitrogens with zero attached hydrogens (tertiary/aromatic N) is 2. The third-order valence-corrected chi connectivity index (χ3v) is 3.34. The molecule has 1 saturated carbocycles. The molecule has 17 heavy (non-hydrogen) atoms. The molecule has 0 unspecified atom stereocenters. The second kappa shape index (κ2) is 6.91. The van der Waals surface area contributed by atoms with Crippen molar-refractivity contribution in [3.05, 3.63) is 0 Å². The van der Waals surface area contributed by atoms with E-state index in [4.69, 9.17) is 18.0 Å². The van der Waals surface area contributed by atoms with Crippen molar-refractivity contribution in [2.75, 3.05) is 33.2 Å². The lowest BCUT2D eigenvalue weighted by atomic mass is 10.3. The molecule has 0 radical (unpaired) electrons. The number of hydrogen-bond acceptors (Lipinski definition) is 3. The summed E-state index contributed by atoms with van der Waals surface area (Å²) in [5.74, 6) is 0.980. The Labute approximate surface area is 109 Å². The molecule has 1 amide bonds. The average molecular weight is 257 g/mol. The van der Waals surface area contributed by atoms with Crippen LogP contribution in [0.5, 0.6) is 0 Å². The number of likely N-dealkylation sites (N-methyl/N-ethyl adjacent to an activating group) is 2. The maximum atomic E-state index is 11.9. The SMILES string of the molecule is CCN(CC(=O)N(C)CCC(N)=S)CC1CC1. The van der Waals surface area contributed by atoms with Crippen LogP contribution in [-0.2, 0) is 4.79 Å². The zero-order chi connectivity index (χ0) is 12.8. The topological polar surface area (TPSA) is 49.6 Å². The first-order chi connectivity index (χ1) is 8.02. The monoisotopic (exact) mass is 257 g/mol. The molecular weight excluding hydrogens is 234 g/mol.